The number of rotatable bonds is 8. The Kier molecular flexibility index (Phi) is 25.5. The molecule has 172 valence electrons. The third-order valence-electron chi connectivity index (χ3n) is 4.10. The fourth-order valence-electron chi connectivity index (χ4n) is 2.49. The summed E-state index contributed by atoms with van der Waals surface area (Å²) in [5, 5.41) is 14.8. The Hall–Kier alpha value is -2.58. The van der Waals surface area contributed by atoms with Crippen molar-refractivity contribution in [3.63, 3.8) is 0 Å². The molecule has 0 fully saturated rings. The van der Waals surface area contributed by atoms with E-state index in [-0.39, 0.29) is 5.92 Å². The van der Waals surface area contributed by atoms with Crippen molar-refractivity contribution in [1.82, 2.24) is 10.0 Å². The molecular formula is C25H26CrN2O5. The molecule has 2 aromatic rings. The van der Waals surface area contributed by atoms with Gasteiger partial charge in [0.15, 0.2) is 0 Å². The summed E-state index contributed by atoms with van der Waals surface area (Å²) in [5.74, 6) is -0.0360. The second-order valence-electron chi connectivity index (χ2n) is 6.28. The van der Waals surface area contributed by atoms with Gasteiger partial charge >= 0.3 is 204 Å². The van der Waals surface area contributed by atoms with Crippen LogP contribution in [0.1, 0.15) is 18.1 Å². The molecule has 0 aliphatic carbocycles. The average Bonchev–Trinajstić information content (AvgIpc) is 2.90. The molecule has 8 heteroatoms. The predicted molar refractivity (Wildman–Crippen MR) is 117 cm³/mol. The van der Waals surface area contributed by atoms with Crippen LogP contribution in [0.4, 0.5) is 0 Å². The van der Waals surface area contributed by atoms with Gasteiger partial charge in [-0.3, -0.25) is 0 Å². The van der Waals surface area contributed by atoms with Crippen molar-refractivity contribution in [3.8, 4) is 0 Å². The van der Waals surface area contributed by atoms with E-state index in [2.05, 4.69) is 59.6 Å². The first kappa shape index (κ1) is 35.0. The first-order valence-corrected chi connectivity index (χ1v) is 9.88. The number of hydrogen-bond acceptors (Lipinski definition) is 3. The van der Waals surface area contributed by atoms with E-state index in [9.17, 15) is 5.11 Å². The molecule has 2 rings (SSSR count). The third kappa shape index (κ3) is 15.0. The van der Waals surface area contributed by atoms with E-state index in [0.717, 1.165) is 16.6 Å². The summed E-state index contributed by atoms with van der Waals surface area (Å²) in [5.41, 5.74) is 2.31. The number of aliphatic hydroxyl groups excluding tert-OH is 1. The Morgan fingerprint density at radius 3 is 1.73 bits per heavy atom. The van der Waals surface area contributed by atoms with Gasteiger partial charge in [-0.15, -0.1) is 0 Å². The van der Waals surface area contributed by atoms with Crippen LogP contribution in [0.3, 0.4) is 0 Å². The van der Waals surface area contributed by atoms with E-state index in [1.807, 2.05) is 86.7 Å². The molecule has 0 aliphatic rings. The minimum atomic E-state index is -0.560. The van der Waals surface area contributed by atoms with Crippen LogP contribution in [0.2, 0.25) is 0 Å². The van der Waals surface area contributed by atoms with Gasteiger partial charge < -0.3 is 0 Å². The van der Waals surface area contributed by atoms with E-state index in [0.29, 0.717) is 0 Å². The summed E-state index contributed by atoms with van der Waals surface area (Å²) in [6, 6.07) is 20.4. The Morgan fingerprint density at radius 2 is 1.30 bits per heavy atom. The zero-order valence-electron chi connectivity index (χ0n) is 18.7. The van der Waals surface area contributed by atoms with Crippen molar-refractivity contribution >= 4 is 10.6 Å². The van der Waals surface area contributed by atoms with Crippen molar-refractivity contribution in [2.24, 2.45) is 5.92 Å². The summed E-state index contributed by atoms with van der Waals surface area (Å²) in [6.07, 6.45) is 3.26. The molecule has 0 bridgehead atoms. The van der Waals surface area contributed by atoms with Crippen LogP contribution in [-0.2, 0) is 41.0 Å². The van der Waals surface area contributed by atoms with E-state index >= 15 is 0 Å². The van der Waals surface area contributed by atoms with Gasteiger partial charge in [0, 0.05) is 0 Å². The second-order valence-corrected chi connectivity index (χ2v) is 6.93. The van der Waals surface area contributed by atoms with E-state index in [1.54, 1.807) is 0 Å². The van der Waals surface area contributed by atoms with Gasteiger partial charge in [0.1, 0.15) is 0 Å². The molecule has 0 saturated carbocycles. The van der Waals surface area contributed by atoms with Gasteiger partial charge in [-0.1, -0.05) is 0 Å². The van der Waals surface area contributed by atoms with Gasteiger partial charge in [-0.2, -0.15) is 0 Å². The SMILES string of the molecule is C[C@@H]([C](=[Cr])N(Cc1ccccc1)N(C)C)[C@@H](O)/C=C/c1ccccc1.[C-]#[O+].[C-]#[O+].[C-]#[O+].[C-]#[O+]. The molecule has 2 atom stereocenters. The van der Waals surface area contributed by atoms with Crippen molar-refractivity contribution in [1.29, 1.82) is 0 Å². The topological polar surface area (TPSA) is 106 Å². The quantitative estimate of drug-likeness (QED) is 0.352. The van der Waals surface area contributed by atoms with Gasteiger partial charge in [-0.25, -0.2) is 0 Å². The van der Waals surface area contributed by atoms with Crippen LogP contribution in [0.5, 0.6) is 0 Å². The van der Waals surface area contributed by atoms with Crippen molar-refractivity contribution < 1.29 is 39.6 Å². The van der Waals surface area contributed by atoms with Crippen LogP contribution in [0, 0.1) is 32.5 Å². The molecule has 1 N–H and O–H groups in total. The van der Waals surface area contributed by atoms with Crippen molar-refractivity contribution in [3.05, 3.63) is 104 Å². The Bertz CT molecular complexity index is 838. The molecule has 0 amide bonds. The van der Waals surface area contributed by atoms with E-state index in [4.69, 9.17) is 18.6 Å². The van der Waals surface area contributed by atoms with E-state index in [1.165, 1.54) is 5.56 Å². The summed E-state index contributed by atoms with van der Waals surface area (Å²) in [4.78, 5) is 0. The first-order chi connectivity index (χ1) is 16.0. The first-order valence-electron chi connectivity index (χ1n) is 9.24. The van der Waals surface area contributed by atoms with Crippen molar-refractivity contribution in [2.45, 2.75) is 19.6 Å². The maximum atomic E-state index is 10.6. The van der Waals surface area contributed by atoms with Crippen LogP contribution < -0.4 is 0 Å². The zero-order chi connectivity index (χ0) is 26.2. The van der Waals surface area contributed by atoms with Gasteiger partial charge in [-0.05, 0) is 0 Å². The maximum absolute atomic E-state index is 10.6. The number of hydrazine groups is 1. The molecule has 33 heavy (non-hydrogen) atoms. The Labute approximate surface area is 204 Å². The number of benzene rings is 2. The summed E-state index contributed by atoms with van der Waals surface area (Å²) < 4.78 is 31.0. The van der Waals surface area contributed by atoms with Crippen molar-refractivity contribution in [2.75, 3.05) is 14.1 Å². The van der Waals surface area contributed by atoms with Gasteiger partial charge in [0.05, 0.1) is 0 Å². The molecule has 7 nitrogen and oxygen atoms in total. The van der Waals surface area contributed by atoms with Gasteiger partial charge in [0.2, 0.25) is 0 Å². The number of nitrogens with zero attached hydrogens (tertiary/aromatic N) is 2. The fraction of sp³-hybridized carbons (Fsp3) is 0.240. The van der Waals surface area contributed by atoms with Crippen LogP contribution >= 0.6 is 0 Å². The average molecular weight is 486 g/mol. The van der Waals surface area contributed by atoms with Gasteiger partial charge in [0.25, 0.3) is 0 Å². The summed E-state index contributed by atoms with van der Waals surface area (Å²) in [6.45, 7) is 20.8. The van der Waals surface area contributed by atoms with Crippen LogP contribution in [0.15, 0.2) is 66.7 Å². The minimum absolute atomic E-state index is 0.0360. The van der Waals surface area contributed by atoms with Crippen LogP contribution in [-0.4, -0.2) is 39.8 Å². The fourth-order valence-corrected chi connectivity index (χ4v) is 3.07. The Balaban J connectivity index is -0.00000101. The molecule has 0 radical (unpaired) electrons. The zero-order valence-corrected chi connectivity index (χ0v) is 19.9. The van der Waals surface area contributed by atoms with E-state index < -0.39 is 6.10 Å². The van der Waals surface area contributed by atoms with Crippen LogP contribution in [0.25, 0.3) is 6.08 Å². The molecule has 0 aromatic heterocycles. The number of aliphatic hydroxyl groups is 1. The number of hydrogen-bond donors (Lipinski definition) is 1. The third-order valence-corrected chi connectivity index (χ3v) is 5.01. The second kappa shape index (κ2) is 24.1. The molecule has 0 unspecified atom stereocenters. The molecule has 0 aliphatic heterocycles. The molecular weight excluding hydrogens is 460 g/mol. The summed E-state index contributed by atoms with van der Waals surface area (Å²) in [7, 11) is 4.03. The predicted octanol–water partition coefficient (Wildman–Crippen LogP) is 3.20. The summed E-state index contributed by atoms with van der Waals surface area (Å²) >= 11 is 3.16. The molecule has 2 aromatic carbocycles. The molecule has 0 saturated heterocycles. The normalized spacial score (nSPS) is 11.0. The monoisotopic (exact) mass is 486 g/mol. The standard InChI is InChI=1S/C21H26N2O.4CO.Cr/c1-18(21(24)15-14-19-10-6-4-7-11-19)16-23(22(2)3)17-20-12-8-5-9-13-20;4*1-2;/h4-15,18,21,24H,17H2,1-3H3;;;;;/b15-14+;;;;;/t18-,21-;;;;;/m0...../s1. The Morgan fingerprint density at radius 1 is 0.879 bits per heavy atom. The molecule has 0 heterocycles. The molecule has 0 spiro atoms.